The molecule has 1 fully saturated rings. The fraction of sp³-hybridized carbons (Fsp3) is 0.875. The van der Waals surface area contributed by atoms with Crippen molar-refractivity contribution in [1.29, 1.82) is 0 Å². The van der Waals surface area contributed by atoms with E-state index >= 15 is 0 Å². The molecule has 0 spiro atoms. The highest BCUT2D eigenvalue weighted by molar-refractivity contribution is 5.86. The Kier molecular flexibility index (Phi) is 7.03. The summed E-state index contributed by atoms with van der Waals surface area (Å²) in [5.41, 5.74) is -1.08. The molecule has 4 heteroatoms. The molecule has 0 bridgehead atoms. The van der Waals surface area contributed by atoms with Gasteiger partial charge in [0.05, 0.1) is 0 Å². The maximum Gasteiger partial charge on any atom is 0.329 e. The van der Waals surface area contributed by atoms with Crippen molar-refractivity contribution in [2.75, 3.05) is 0 Å². The number of carboxylic acids is 1. The minimum absolute atomic E-state index is 0.119. The summed E-state index contributed by atoms with van der Waals surface area (Å²) >= 11 is 0. The van der Waals surface area contributed by atoms with Crippen molar-refractivity contribution in [2.24, 2.45) is 5.92 Å². The normalized spacial score (nSPS) is 16.9. The Morgan fingerprint density at radius 1 is 1.15 bits per heavy atom. The van der Waals surface area contributed by atoms with E-state index in [1.807, 2.05) is 0 Å². The van der Waals surface area contributed by atoms with Crippen LogP contribution in [0.2, 0.25) is 0 Å². The second-order valence-corrected chi connectivity index (χ2v) is 6.04. The van der Waals surface area contributed by atoms with Gasteiger partial charge < -0.3 is 10.4 Å². The molecule has 0 saturated heterocycles. The zero-order chi connectivity index (χ0) is 15.0. The molecule has 116 valence electrons. The number of amides is 1. The largest absolute Gasteiger partial charge is 0.480 e. The Morgan fingerprint density at radius 2 is 1.75 bits per heavy atom. The third-order valence-electron chi connectivity index (χ3n) is 4.74. The van der Waals surface area contributed by atoms with Crippen molar-refractivity contribution in [3.8, 4) is 0 Å². The standard InChI is InChI=1S/C16H29NO3/c1-3-16(4-2,15(19)20)17-14(18)12-8-11-13-9-6-5-7-10-13/h13H,3-12H2,1-2H3,(H,17,18)(H,19,20). The molecular formula is C16H29NO3. The Balaban J connectivity index is 2.32. The van der Waals surface area contributed by atoms with Gasteiger partial charge in [0.1, 0.15) is 5.54 Å². The van der Waals surface area contributed by atoms with Crippen LogP contribution in [-0.2, 0) is 9.59 Å². The van der Waals surface area contributed by atoms with Gasteiger partial charge in [-0.05, 0) is 31.6 Å². The molecule has 0 aromatic carbocycles. The van der Waals surface area contributed by atoms with Crippen LogP contribution in [-0.4, -0.2) is 22.5 Å². The van der Waals surface area contributed by atoms with Gasteiger partial charge in [-0.25, -0.2) is 4.79 Å². The van der Waals surface area contributed by atoms with Crippen LogP contribution in [0.1, 0.15) is 78.1 Å². The molecule has 1 amide bonds. The first-order valence-corrected chi connectivity index (χ1v) is 8.08. The summed E-state index contributed by atoms with van der Waals surface area (Å²) in [6.45, 7) is 3.61. The molecule has 0 atom stereocenters. The van der Waals surface area contributed by atoms with Crippen molar-refractivity contribution >= 4 is 11.9 Å². The molecule has 0 aromatic heterocycles. The predicted molar refractivity (Wildman–Crippen MR) is 79.5 cm³/mol. The van der Waals surface area contributed by atoms with Gasteiger partial charge in [-0.15, -0.1) is 0 Å². The lowest BCUT2D eigenvalue weighted by molar-refractivity contribution is -0.148. The van der Waals surface area contributed by atoms with Crippen LogP contribution < -0.4 is 5.32 Å². The smallest absolute Gasteiger partial charge is 0.329 e. The molecule has 1 saturated carbocycles. The molecule has 0 heterocycles. The third-order valence-corrected chi connectivity index (χ3v) is 4.74. The zero-order valence-electron chi connectivity index (χ0n) is 12.9. The van der Waals surface area contributed by atoms with E-state index in [0.717, 1.165) is 18.8 Å². The second kappa shape index (κ2) is 8.28. The molecule has 1 aliphatic rings. The number of hydrogen-bond donors (Lipinski definition) is 2. The lowest BCUT2D eigenvalue weighted by atomic mass is 9.85. The van der Waals surface area contributed by atoms with Gasteiger partial charge in [-0.3, -0.25) is 4.79 Å². The van der Waals surface area contributed by atoms with E-state index in [4.69, 9.17) is 0 Å². The Labute approximate surface area is 122 Å². The van der Waals surface area contributed by atoms with E-state index in [1.54, 1.807) is 13.8 Å². The minimum atomic E-state index is -1.08. The lowest BCUT2D eigenvalue weighted by Gasteiger charge is -2.28. The van der Waals surface area contributed by atoms with Crippen molar-refractivity contribution in [3.05, 3.63) is 0 Å². The number of nitrogens with one attached hydrogen (secondary N) is 1. The van der Waals surface area contributed by atoms with E-state index in [9.17, 15) is 14.7 Å². The van der Waals surface area contributed by atoms with Crippen LogP contribution in [0, 0.1) is 5.92 Å². The molecule has 1 rings (SSSR count). The average Bonchev–Trinajstić information content (AvgIpc) is 2.45. The van der Waals surface area contributed by atoms with E-state index < -0.39 is 11.5 Å². The lowest BCUT2D eigenvalue weighted by Crippen LogP contribution is -2.53. The monoisotopic (exact) mass is 283 g/mol. The number of aliphatic carboxylic acids is 1. The van der Waals surface area contributed by atoms with Crippen LogP contribution in [0.5, 0.6) is 0 Å². The molecule has 2 N–H and O–H groups in total. The topological polar surface area (TPSA) is 66.4 Å². The van der Waals surface area contributed by atoms with Crippen molar-refractivity contribution < 1.29 is 14.7 Å². The SMILES string of the molecule is CCC(CC)(NC(=O)CCCC1CCCCC1)C(=O)O. The highest BCUT2D eigenvalue weighted by Gasteiger charge is 2.36. The van der Waals surface area contributed by atoms with E-state index in [-0.39, 0.29) is 5.91 Å². The first kappa shape index (κ1) is 17.0. The molecule has 1 aliphatic carbocycles. The number of carbonyl (C=O) groups is 2. The molecule has 20 heavy (non-hydrogen) atoms. The van der Waals surface area contributed by atoms with Crippen LogP contribution in [0.15, 0.2) is 0 Å². The Hall–Kier alpha value is -1.06. The Bertz CT molecular complexity index is 318. The first-order chi connectivity index (χ1) is 9.54. The minimum Gasteiger partial charge on any atom is -0.480 e. The van der Waals surface area contributed by atoms with Crippen molar-refractivity contribution in [1.82, 2.24) is 5.32 Å². The second-order valence-electron chi connectivity index (χ2n) is 6.04. The van der Waals surface area contributed by atoms with Gasteiger partial charge in [0.25, 0.3) is 0 Å². The van der Waals surface area contributed by atoms with E-state index in [2.05, 4.69) is 5.32 Å². The number of carbonyl (C=O) groups excluding carboxylic acids is 1. The van der Waals surface area contributed by atoms with Crippen LogP contribution >= 0.6 is 0 Å². The fourth-order valence-corrected chi connectivity index (χ4v) is 3.14. The highest BCUT2D eigenvalue weighted by atomic mass is 16.4. The first-order valence-electron chi connectivity index (χ1n) is 8.08. The summed E-state index contributed by atoms with van der Waals surface area (Å²) in [5.74, 6) is -0.270. The maximum absolute atomic E-state index is 11.9. The van der Waals surface area contributed by atoms with Gasteiger partial charge >= 0.3 is 5.97 Å². The number of hydrogen-bond acceptors (Lipinski definition) is 2. The molecule has 0 radical (unpaired) electrons. The number of carboxylic acid groups (broad SMARTS) is 1. The van der Waals surface area contributed by atoms with Crippen LogP contribution in [0.4, 0.5) is 0 Å². The summed E-state index contributed by atoms with van der Waals surface area (Å²) in [5, 5.41) is 12.0. The summed E-state index contributed by atoms with van der Waals surface area (Å²) < 4.78 is 0. The molecule has 0 aromatic rings. The summed E-state index contributed by atoms with van der Waals surface area (Å²) in [6.07, 6.45) is 9.87. The van der Waals surface area contributed by atoms with Gasteiger partial charge in [0, 0.05) is 6.42 Å². The zero-order valence-corrected chi connectivity index (χ0v) is 12.9. The molecular weight excluding hydrogens is 254 g/mol. The fourth-order valence-electron chi connectivity index (χ4n) is 3.14. The molecule has 0 unspecified atom stereocenters. The van der Waals surface area contributed by atoms with Crippen LogP contribution in [0.25, 0.3) is 0 Å². The molecule has 0 aliphatic heterocycles. The van der Waals surface area contributed by atoms with E-state index in [1.165, 1.54) is 32.1 Å². The number of rotatable bonds is 8. The summed E-state index contributed by atoms with van der Waals surface area (Å²) in [4.78, 5) is 23.3. The summed E-state index contributed by atoms with van der Waals surface area (Å²) in [6, 6.07) is 0. The highest BCUT2D eigenvalue weighted by Crippen LogP contribution is 2.27. The van der Waals surface area contributed by atoms with Gasteiger partial charge in [-0.1, -0.05) is 46.0 Å². The van der Waals surface area contributed by atoms with Crippen molar-refractivity contribution in [2.45, 2.75) is 83.6 Å². The van der Waals surface area contributed by atoms with Gasteiger partial charge in [0.15, 0.2) is 0 Å². The molecule has 4 nitrogen and oxygen atoms in total. The van der Waals surface area contributed by atoms with Gasteiger partial charge in [0.2, 0.25) is 5.91 Å². The Morgan fingerprint density at radius 3 is 2.25 bits per heavy atom. The van der Waals surface area contributed by atoms with Crippen LogP contribution in [0.3, 0.4) is 0 Å². The van der Waals surface area contributed by atoms with Gasteiger partial charge in [-0.2, -0.15) is 0 Å². The average molecular weight is 283 g/mol. The van der Waals surface area contributed by atoms with E-state index in [0.29, 0.717) is 19.3 Å². The quantitative estimate of drug-likeness (QED) is 0.716. The third kappa shape index (κ3) is 4.80. The summed E-state index contributed by atoms with van der Waals surface area (Å²) in [7, 11) is 0. The predicted octanol–water partition coefficient (Wildman–Crippen LogP) is 3.50. The van der Waals surface area contributed by atoms with Crippen molar-refractivity contribution in [3.63, 3.8) is 0 Å². The maximum atomic E-state index is 11.9.